The van der Waals surface area contributed by atoms with Gasteiger partial charge in [-0.1, -0.05) is 42.5 Å². The first kappa shape index (κ1) is 19.4. The summed E-state index contributed by atoms with van der Waals surface area (Å²) >= 11 is 0. The molecule has 0 spiro atoms. The zero-order valence-corrected chi connectivity index (χ0v) is 16.6. The van der Waals surface area contributed by atoms with Crippen molar-refractivity contribution in [1.29, 1.82) is 0 Å². The second kappa shape index (κ2) is 7.87. The summed E-state index contributed by atoms with van der Waals surface area (Å²) in [6.45, 7) is 0.296. The normalized spacial score (nSPS) is 22.3. The van der Waals surface area contributed by atoms with E-state index in [1.54, 1.807) is 29.2 Å². The Morgan fingerprint density at radius 2 is 1.83 bits per heavy atom. The Morgan fingerprint density at radius 1 is 1.10 bits per heavy atom. The van der Waals surface area contributed by atoms with Crippen LogP contribution in [0.25, 0.3) is 0 Å². The molecule has 0 radical (unpaired) electrons. The zero-order chi connectivity index (χ0) is 20.4. The van der Waals surface area contributed by atoms with E-state index in [0.717, 1.165) is 5.56 Å². The summed E-state index contributed by atoms with van der Waals surface area (Å²) in [7, 11) is -3.15. The third-order valence-corrected chi connectivity index (χ3v) is 6.98. The maximum absolute atomic E-state index is 13.1. The molecule has 2 aliphatic heterocycles. The SMILES string of the molecule is O=C1Nc2ccccc2O[C@H]1CC(=O)N(Cc1ccccc1)[C@H]1CCS(=O)(=O)C1. The number of rotatable bonds is 5. The number of hydrogen-bond donors (Lipinski definition) is 1. The van der Waals surface area contributed by atoms with E-state index < -0.39 is 22.0 Å². The molecule has 7 nitrogen and oxygen atoms in total. The minimum atomic E-state index is -3.15. The van der Waals surface area contributed by atoms with Gasteiger partial charge in [-0.2, -0.15) is 0 Å². The fourth-order valence-electron chi connectivity index (χ4n) is 3.73. The molecule has 1 N–H and O–H groups in total. The number of fused-ring (bicyclic) bond motifs is 1. The van der Waals surface area contributed by atoms with Crippen molar-refractivity contribution in [2.75, 3.05) is 16.8 Å². The molecule has 1 saturated heterocycles. The third kappa shape index (κ3) is 4.42. The number of sulfone groups is 1. The molecule has 0 aliphatic carbocycles. The fraction of sp³-hybridized carbons (Fsp3) is 0.333. The van der Waals surface area contributed by atoms with E-state index in [4.69, 9.17) is 4.74 Å². The van der Waals surface area contributed by atoms with Gasteiger partial charge in [-0.15, -0.1) is 0 Å². The molecule has 2 aromatic carbocycles. The fourth-order valence-corrected chi connectivity index (χ4v) is 5.46. The lowest BCUT2D eigenvalue weighted by Gasteiger charge is -2.31. The van der Waals surface area contributed by atoms with Gasteiger partial charge in [-0.05, 0) is 24.1 Å². The summed E-state index contributed by atoms with van der Waals surface area (Å²) in [6.07, 6.45) is -0.695. The van der Waals surface area contributed by atoms with Crippen molar-refractivity contribution in [2.24, 2.45) is 0 Å². The summed E-state index contributed by atoms with van der Waals surface area (Å²) in [4.78, 5) is 27.1. The average molecular weight is 414 g/mol. The van der Waals surface area contributed by atoms with E-state index in [1.807, 2.05) is 30.3 Å². The summed E-state index contributed by atoms with van der Waals surface area (Å²) in [5, 5.41) is 2.76. The van der Waals surface area contributed by atoms with Crippen molar-refractivity contribution in [3.63, 3.8) is 0 Å². The van der Waals surface area contributed by atoms with Gasteiger partial charge in [0.2, 0.25) is 5.91 Å². The number of amides is 2. The van der Waals surface area contributed by atoms with E-state index >= 15 is 0 Å². The van der Waals surface area contributed by atoms with E-state index in [-0.39, 0.29) is 29.7 Å². The first-order valence-electron chi connectivity index (χ1n) is 9.52. The summed E-state index contributed by atoms with van der Waals surface area (Å²) in [5.74, 6) is -0.134. The van der Waals surface area contributed by atoms with Crippen LogP contribution >= 0.6 is 0 Å². The minimum Gasteiger partial charge on any atom is -0.478 e. The van der Waals surface area contributed by atoms with Gasteiger partial charge in [0.1, 0.15) is 5.75 Å². The predicted molar refractivity (Wildman–Crippen MR) is 108 cm³/mol. The first-order chi connectivity index (χ1) is 13.9. The molecule has 2 atom stereocenters. The first-order valence-corrected chi connectivity index (χ1v) is 11.3. The Kier molecular flexibility index (Phi) is 5.27. The number of hydrogen-bond acceptors (Lipinski definition) is 5. The molecule has 0 saturated carbocycles. The summed E-state index contributed by atoms with van der Waals surface area (Å²) < 4.78 is 29.7. The number of anilines is 1. The number of nitrogens with one attached hydrogen (secondary N) is 1. The van der Waals surface area contributed by atoms with Gasteiger partial charge in [0.25, 0.3) is 5.91 Å². The standard InChI is InChI=1S/C21H22N2O5S/c24-20(12-19-21(25)22-17-8-4-5-9-18(17)28-19)23(13-15-6-2-1-3-7-15)16-10-11-29(26,27)14-16/h1-9,16,19H,10-14H2,(H,22,25)/t16-,19-/m0/s1. The van der Waals surface area contributed by atoms with Crippen molar-refractivity contribution in [3.8, 4) is 5.75 Å². The van der Waals surface area contributed by atoms with E-state index in [9.17, 15) is 18.0 Å². The van der Waals surface area contributed by atoms with Crippen LogP contribution in [-0.4, -0.2) is 48.8 Å². The highest BCUT2D eigenvalue weighted by Crippen LogP contribution is 2.30. The number of ether oxygens (including phenoxy) is 1. The number of nitrogens with zero attached hydrogens (tertiary/aromatic N) is 1. The average Bonchev–Trinajstić information content (AvgIpc) is 3.07. The molecular weight excluding hydrogens is 392 g/mol. The Balaban J connectivity index is 1.53. The molecular formula is C21H22N2O5S. The number of carbonyl (C=O) groups excluding carboxylic acids is 2. The van der Waals surface area contributed by atoms with Crippen LogP contribution in [0.1, 0.15) is 18.4 Å². The van der Waals surface area contributed by atoms with Crippen molar-refractivity contribution in [2.45, 2.75) is 31.5 Å². The molecule has 1 fully saturated rings. The Morgan fingerprint density at radius 3 is 2.55 bits per heavy atom. The van der Waals surface area contributed by atoms with E-state index in [0.29, 0.717) is 24.4 Å². The van der Waals surface area contributed by atoms with Crippen molar-refractivity contribution in [1.82, 2.24) is 4.90 Å². The quantitative estimate of drug-likeness (QED) is 0.808. The van der Waals surface area contributed by atoms with Crippen LogP contribution in [-0.2, 0) is 26.0 Å². The molecule has 29 heavy (non-hydrogen) atoms. The molecule has 152 valence electrons. The lowest BCUT2D eigenvalue weighted by atomic mass is 10.1. The van der Waals surface area contributed by atoms with Crippen LogP contribution in [0.15, 0.2) is 54.6 Å². The van der Waals surface area contributed by atoms with Crippen LogP contribution in [0.5, 0.6) is 5.75 Å². The topological polar surface area (TPSA) is 92.8 Å². The highest BCUT2D eigenvalue weighted by atomic mass is 32.2. The van der Waals surface area contributed by atoms with Crippen molar-refractivity contribution >= 4 is 27.3 Å². The molecule has 2 heterocycles. The van der Waals surface area contributed by atoms with Gasteiger partial charge in [0.15, 0.2) is 15.9 Å². The van der Waals surface area contributed by atoms with Crippen LogP contribution in [0, 0.1) is 0 Å². The van der Waals surface area contributed by atoms with Crippen LogP contribution in [0.2, 0.25) is 0 Å². The van der Waals surface area contributed by atoms with Crippen LogP contribution < -0.4 is 10.1 Å². The summed E-state index contributed by atoms with van der Waals surface area (Å²) in [5.41, 5.74) is 1.48. The maximum atomic E-state index is 13.1. The highest BCUT2D eigenvalue weighted by Gasteiger charge is 2.37. The Bertz CT molecular complexity index is 1020. The van der Waals surface area contributed by atoms with Gasteiger partial charge in [0.05, 0.1) is 23.6 Å². The highest BCUT2D eigenvalue weighted by molar-refractivity contribution is 7.91. The summed E-state index contributed by atoms with van der Waals surface area (Å²) in [6, 6.07) is 16.1. The van der Waals surface area contributed by atoms with Gasteiger partial charge in [-0.3, -0.25) is 9.59 Å². The molecule has 4 rings (SSSR count). The van der Waals surface area contributed by atoms with Gasteiger partial charge in [-0.25, -0.2) is 8.42 Å². The molecule has 0 bridgehead atoms. The second-order valence-electron chi connectivity index (χ2n) is 7.36. The van der Waals surface area contributed by atoms with Crippen molar-refractivity contribution < 1.29 is 22.7 Å². The van der Waals surface area contributed by atoms with Gasteiger partial charge >= 0.3 is 0 Å². The van der Waals surface area contributed by atoms with E-state index in [2.05, 4.69) is 5.32 Å². The molecule has 8 heteroatoms. The smallest absolute Gasteiger partial charge is 0.266 e. The van der Waals surface area contributed by atoms with Crippen LogP contribution in [0.3, 0.4) is 0 Å². The monoisotopic (exact) mass is 414 g/mol. The van der Waals surface area contributed by atoms with Crippen molar-refractivity contribution in [3.05, 3.63) is 60.2 Å². The molecule has 0 unspecified atom stereocenters. The lowest BCUT2D eigenvalue weighted by molar-refractivity contribution is -0.139. The second-order valence-corrected chi connectivity index (χ2v) is 9.59. The van der Waals surface area contributed by atoms with Gasteiger partial charge in [0, 0.05) is 12.6 Å². The van der Waals surface area contributed by atoms with Gasteiger partial charge < -0.3 is 15.0 Å². The Hall–Kier alpha value is -2.87. The molecule has 0 aromatic heterocycles. The third-order valence-electron chi connectivity index (χ3n) is 5.23. The minimum absolute atomic E-state index is 0.0495. The maximum Gasteiger partial charge on any atom is 0.266 e. The Labute approximate surface area is 169 Å². The largest absolute Gasteiger partial charge is 0.478 e. The van der Waals surface area contributed by atoms with E-state index in [1.165, 1.54) is 0 Å². The predicted octanol–water partition coefficient (Wildman–Crippen LogP) is 1.99. The molecule has 2 amide bonds. The lowest BCUT2D eigenvalue weighted by Crippen LogP contribution is -2.45. The molecule has 2 aromatic rings. The number of carbonyl (C=O) groups is 2. The number of benzene rings is 2. The zero-order valence-electron chi connectivity index (χ0n) is 15.8. The van der Waals surface area contributed by atoms with Crippen LogP contribution in [0.4, 0.5) is 5.69 Å². The number of para-hydroxylation sites is 2. The molecule has 2 aliphatic rings.